The van der Waals surface area contributed by atoms with Gasteiger partial charge in [0.2, 0.25) is 4.29 Å². The van der Waals surface area contributed by atoms with E-state index in [-0.39, 0.29) is 37.7 Å². The number of phosphoric acid groups is 3. The average Bonchev–Trinajstić information content (AvgIpc) is 2.95. The van der Waals surface area contributed by atoms with Crippen LogP contribution in [0.15, 0.2) is 17.0 Å². The van der Waals surface area contributed by atoms with Gasteiger partial charge in [-0.05, 0) is 6.04 Å². The molecular formula is C9H14Li2N3O13P3. The van der Waals surface area contributed by atoms with E-state index in [1.54, 1.807) is 0 Å². The Morgan fingerprint density at radius 3 is 2.83 bits per heavy atom. The van der Waals surface area contributed by atoms with Crippen molar-refractivity contribution in [1.82, 2.24) is 9.55 Å². The van der Waals surface area contributed by atoms with Crippen molar-refractivity contribution in [3.63, 3.8) is 0 Å². The number of anilines is 1. The molecule has 2 rings (SSSR count). The SMILES string of the molecule is [2H]OC1([2H])C([2H])([2H])[C@]([2H])(n2c([2H])c([2H])c(N([2H])[2H])nc2=O)O[C@]1([2H])C([2H])([2H])OP(=O)(O[2H])OP(=O)([O-])OP(=O)([O-])O[2H].[Li+].[Li+]. The molecule has 1 aromatic heterocycles. The molecule has 160 valence electrons. The van der Waals surface area contributed by atoms with Gasteiger partial charge in [-0.2, -0.15) is 4.98 Å². The number of ether oxygens (including phenoxy) is 1. The molecule has 0 aromatic carbocycles. The molecule has 21 heteroatoms. The van der Waals surface area contributed by atoms with Crippen LogP contribution in [0.2, 0.25) is 2.82 Å². The summed E-state index contributed by atoms with van der Waals surface area (Å²) in [4.78, 5) is 44.7. The Morgan fingerprint density at radius 2 is 2.23 bits per heavy atom. The Morgan fingerprint density at radius 1 is 1.50 bits per heavy atom. The maximum absolute atomic E-state index is 12.6. The van der Waals surface area contributed by atoms with Gasteiger partial charge in [0, 0.05) is 15.3 Å². The van der Waals surface area contributed by atoms with Crippen molar-refractivity contribution in [2.75, 3.05) is 12.3 Å². The molecule has 16 nitrogen and oxygen atoms in total. The van der Waals surface area contributed by atoms with Crippen LogP contribution in [0.3, 0.4) is 0 Å². The summed E-state index contributed by atoms with van der Waals surface area (Å²) in [6.45, 7) is -4.63. The molecule has 1 aliphatic heterocycles. The third-order valence-electron chi connectivity index (χ3n) is 2.15. The second kappa shape index (κ2) is 11.4. The maximum atomic E-state index is 12.6. The third-order valence-corrected chi connectivity index (χ3v) is 5.67. The summed E-state index contributed by atoms with van der Waals surface area (Å²) in [7, 11) is -19.2. The zero-order valence-corrected chi connectivity index (χ0v) is 17.2. The predicted molar refractivity (Wildman–Crippen MR) is 82.8 cm³/mol. The molecule has 0 saturated carbocycles. The number of nitrogens with two attached hydrogens (primary N) is 1. The van der Waals surface area contributed by atoms with Crippen molar-refractivity contribution in [2.45, 2.75) is 24.7 Å². The first-order valence-electron chi connectivity index (χ1n) is 12.7. The largest absolute Gasteiger partial charge is 1.00 e. The van der Waals surface area contributed by atoms with Crippen molar-refractivity contribution in [2.24, 2.45) is 0 Å². The van der Waals surface area contributed by atoms with Gasteiger partial charge in [0.15, 0.2) is 2.82 Å². The second-order valence-electron chi connectivity index (χ2n) is 4.18. The second-order valence-corrected chi connectivity index (χ2v) is 8.35. The molecule has 6 atom stereocenters. The van der Waals surface area contributed by atoms with Gasteiger partial charge >= 0.3 is 51.2 Å². The molecule has 2 heterocycles. The van der Waals surface area contributed by atoms with Gasteiger partial charge in [-0.1, -0.05) is 0 Å². The van der Waals surface area contributed by atoms with Gasteiger partial charge < -0.3 is 35.1 Å². The fraction of sp³-hybridized carbons (Fsp3) is 0.556. The van der Waals surface area contributed by atoms with Crippen LogP contribution in [0.25, 0.3) is 0 Å². The quantitative estimate of drug-likeness (QED) is 0.156. The van der Waals surface area contributed by atoms with E-state index in [9.17, 15) is 28.3 Å². The molecule has 0 bridgehead atoms. The molecule has 0 amide bonds. The van der Waals surface area contributed by atoms with E-state index in [1.807, 2.05) is 0 Å². The van der Waals surface area contributed by atoms with Crippen LogP contribution in [0.5, 0.6) is 0 Å². The Bertz CT molecular complexity index is 1450. The Labute approximate surface area is 212 Å². The van der Waals surface area contributed by atoms with Crippen molar-refractivity contribution >= 4 is 29.3 Å². The number of phosphoric ester groups is 1. The van der Waals surface area contributed by atoms with Crippen molar-refractivity contribution < 1.29 is 109 Å². The summed E-state index contributed by atoms with van der Waals surface area (Å²) in [5.74, 6) is -1.15. The van der Waals surface area contributed by atoms with Crippen LogP contribution in [-0.4, -0.2) is 47.5 Å². The number of aromatic nitrogens is 2. The molecule has 4 unspecified atom stereocenters. The van der Waals surface area contributed by atoms with E-state index in [0.29, 0.717) is 0 Å². The summed E-state index contributed by atoms with van der Waals surface area (Å²) in [6.07, 6.45) is -18.7. The normalized spacial score (nSPS) is 43.0. The fourth-order valence-corrected chi connectivity index (χ4v) is 4.00. The summed E-state index contributed by atoms with van der Waals surface area (Å²) >= 11 is 0. The molecule has 1 saturated heterocycles. The van der Waals surface area contributed by atoms with Gasteiger partial charge in [0.1, 0.15) is 18.1 Å². The predicted octanol–water partition coefficient (Wildman–Crippen LogP) is -8.44. The minimum atomic E-state index is -6.61. The molecule has 1 fully saturated rings. The molecule has 5 N–H and O–H groups in total. The molecule has 0 radical (unpaired) electrons. The van der Waals surface area contributed by atoms with E-state index < -0.39 is 88.8 Å². The van der Waals surface area contributed by atoms with E-state index in [4.69, 9.17) is 19.5 Å². The van der Waals surface area contributed by atoms with Crippen LogP contribution in [0.4, 0.5) is 5.82 Å². The molecule has 1 aliphatic rings. The minimum Gasteiger partial charge on any atom is -0.756 e. The standard InChI is InChI=1S/C9H16N3O13P3.2Li/c10-7-1-2-12(9(14)11-7)8-3-5(13)6(23-8)4-22-27(18,19)25-28(20,21)24-26(15,16)17;;/h1-2,5-6,8,13H,3-4H2,(H,18,19)(H,20,21)(H2,10,11,14)(H2,15,16,17);;/q;2*+1/p-2/t5?,6-,8-;;/m1../s1/i1D,2D,3D2,4D2,5D,6D,8D,13D;;/hD4. The van der Waals surface area contributed by atoms with Gasteiger partial charge in [0.05, 0.1) is 22.2 Å². The smallest absolute Gasteiger partial charge is 0.756 e. The fourth-order valence-electron chi connectivity index (χ4n) is 1.32. The Kier molecular flexibility index (Phi) is 5.23. The third kappa shape index (κ3) is 9.37. The van der Waals surface area contributed by atoms with Crippen LogP contribution >= 0.6 is 23.5 Å². The molecular weight excluding hydrogens is 465 g/mol. The number of nitrogens with zero attached hydrogens (tertiary/aromatic N) is 2. The molecule has 1 aromatic rings. The summed E-state index contributed by atoms with van der Waals surface area (Å²) in [6, 6.07) is -1.33. The summed E-state index contributed by atoms with van der Waals surface area (Å²) in [5, 5.41) is 3.84. The van der Waals surface area contributed by atoms with E-state index in [0.717, 1.165) is 0 Å². The van der Waals surface area contributed by atoms with Crippen LogP contribution < -0.4 is 58.9 Å². The van der Waals surface area contributed by atoms with Gasteiger partial charge in [-0.25, -0.2) is 18.0 Å². The first-order chi connectivity index (χ1) is 18.7. The van der Waals surface area contributed by atoms with Crippen LogP contribution in [-0.2, 0) is 31.6 Å². The van der Waals surface area contributed by atoms with Crippen LogP contribution in [0.1, 0.15) is 24.9 Å². The minimum absolute atomic E-state index is 0. The number of nitrogen functional groups attached to an aromatic ring is 1. The number of hydrogen-bond acceptors (Lipinski definition) is 15. The first-order valence-corrected chi connectivity index (χ1v) is 10.4. The zero-order valence-electron chi connectivity index (χ0n) is 28.5. The zero-order chi connectivity index (χ0) is 33.1. The summed E-state index contributed by atoms with van der Waals surface area (Å²) in [5.41, 5.74) is -2.41. The summed E-state index contributed by atoms with van der Waals surface area (Å²) < 4.78 is 158. The topological polar surface area (TPSA) is 256 Å². The number of aliphatic hydroxyl groups is 1. The molecule has 0 aliphatic carbocycles. The monoisotopic (exact) mass is 493 g/mol. The van der Waals surface area contributed by atoms with Crippen molar-refractivity contribution in [3.8, 4) is 0 Å². The van der Waals surface area contributed by atoms with Gasteiger partial charge in [-0.3, -0.25) is 18.2 Å². The number of rotatable bonds is 12. The van der Waals surface area contributed by atoms with E-state index >= 15 is 0 Å². The first kappa shape index (κ1) is 13.8. The van der Waals surface area contributed by atoms with Gasteiger partial charge in [0.25, 0.3) is 15.6 Å². The Hall–Kier alpha value is 0.205. The van der Waals surface area contributed by atoms with E-state index in [2.05, 4.69) is 37.8 Å². The molecule has 30 heavy (non-hydrogen) atoms. The van der Waals surface area contributed by atoms with Crippen molar-refractivity contribution in [1.29, 1.82) is 4.29 Å². The molecule has 0 spiro atoms. The van der Waals surface area contributed by atoms with Gasteiger partial charge in [-0.15, -0.1) is 0 Å². The number of hydrogen-bond donors (Lipinski definition) is 4. The Balaban J connectivity index is 0.00000924. The average molecular weight is 493 g/mol. The van der Waals surface area contributed by atoms with E-state index in [1.165, 1.54) is 0 Å². The maximum Gasteiger partial charge on any atom is 1.00 e. The van der Waals surface area contributed by atoms with Crippen LogP contribution in [0, 0.1) is 0 Å². The van der Waals surface area contributed by atoms with Crippen molar-refractivity contribution in [3.05, 3.63) is 22.7 Å².